The van der Waals surface area contributed by atoms with E-state index < -0.39 is 0 Å². The van der Waals surface area contributed by atoms with Crippen LogP contribution in [-0.4, -0.2) is 17.3 Å². The van der Waals surface area contributed by atoms with Crippen molar-refractivity contribution in [1.29, 1.82) is 0 Å². The van der Waals surface area contributed by atoms with Crippen LogP contribution in [0.25, 0.3) is 0 Å². The van der Waals surface area contributed by atoms with Crippen molar-refractivity contribution < 1.29 is 14.4 Å². The summed E-state index contributed by atoms with van der Waals surface area (Å²) in [4.78, 5) is 36.1. The van der Waals surface area contributed by atoms with Gasteiger partial charge in [0.1, 0.15) is 0 Å². The molecule has 0 spiro atoms. The van der Waals surface area contributed by atoms with Gasteiger partial charge in [-0.2, -0.15) is 0 Å². The van der Waals surface area contributed by atoms with E-state index in [1.165, 1.54) is 0 Å². The van der Waals surface area contributed by atoms with Gasteiger partial charge in [0, 0.05) is 34.9 Å². The lowest BCUT2D eigenvalue weighted by Gasteiger charge is -2.11. The fourth-order valence-electron chi connectivity index (χ4n) is 1.94. The minimum Gasteiger partial charge on any atom is -0.294 e. The Morgan fingerprint density at radius 1 is 0.800 bits per heavy atom. The number of hydrogen-bond donors (Lipinski definition) is 0. The number of carbonyl (C=O) groups excluding carboxylic acids is 3. The molecule has 0 aliphatic carbocycles. The molecule has 0 radical (unpaired) electrons. The average Bonchev–Trinajstić information content (AvgIpc) is 2.43. The van der Waals surface area contributed by atoms with Gasteiger partial charge in [0.2, 0.25) is 0 Å². The highest BCUT2D eigenvalue weighted by Gasteiger charge is 2.18. The van der Waals surface area contributed by atoms with Gasteiger partial charge in [-0.05, 0) is 18.2 Å². The first-order valence-electron chi connectivity index (χ1n) is 7.04. The molecule has 1 aromatic carbocycles. The molecule has 0 atom stereocenters. The van der Waals surface area contributed by atoms with Crippen molar-refractivity contribution in [2.45, 2.75) is 41.0 Å². The van der Waals surface area contributed by atoms with Gasteiger partial charge < -0.3 is 0 Å². The molecule has 0 saturated carbocycles. The average molecular weight is 274 g/mol. The summed E-state index contributed by atoms with van der Waals surface area (Å²) in [5.41, 5.74) is 1.34. The van der Waals surface area contributed by atoms with E-state index in [1.807, 2.05) is 0 Å². The van der Waals surface area contributed by atoms with Crippen molar-refractivity contribution in [1.82, 2.24) is 0 Å². The van der Waals surface area contributed by atoms with Crippen LogP contribution in [-0.2, 0) is 0 Å². The smallest absolute Gasteiger partial charge is 0.165 e. The lowest BCUT2D eigenvalue weighted by atomic mass is 9.91. The van der Waals surface area contributed by atoms with Crippen LogP contribution in [0.3, 0.4) is 0 Å². The Hall–Kier alpha value is -1.77. The molecule has 0 bridgehead atoms. The fourth-order valence-corrected chi connectivity index (χ4v) is 1.94. The maximum absolute atomic E-state index is 12.1. The van der Waals surface area contributed by atoms with Crippen LogP contribution in [0.4, 0.5) is 0 Å². The molecule has 0 amide bonds. The molecule has 0 N–H and O–H groups in total. The normalized spacial score (nSPS) is 10.9. The molecular formula is C17H22O3. The maximum Gasteiger partial charge on any atom is 0.165 e. The van der Waals surface area contributed by atoms with Crippen molar-refractivity contribution in [2.24, 2.45) is 11.8 Å². The summed E-state index contributed by atoms with van der Waals surface area (Å²) >= 11 is 0. The summed E-state index contributed by atoms with van der Waals surface area (Å²) in [6, 6.07) is 4.81. The highest BCUT2D eigenvalue weighted by atomic mass is 16.1. The molecule has 3 nitrogen and oxygen atoms in total. The minimum absolute atomic E-state index is 0.0476. The molecule has 3 heteroatoms. The van der Waals surface area contributed by atoms with Crippen LogP contribution in [0.1, 0.15) is 72.1 Å². The van der Waals surface area contributed by atoms with Gasteiger partial charge in [-0.15, -0.1) is 0 Å². The topological polar surface area (TPSA) is 51.2 Å². The summed E-state index contributed by atoms with van der Waals surface area (Å²) in [7, 11) is 0. The summed E-state index contributed by atoms with van der Waals surface area (Å²) in [5, 5.41) is 0. The maximum atomic E-state index is 12.1. The van der Waals surface area contributed by atoms with Crippen molar-refractivity contribution in [3.8, 4) is 0 Å². The first kappa shape index (κ1) is 16.3. The third-order valence-corrected chi connectivity index (χ3v) is 3.19. The molecule has 0 unspecified atom stereocenters. The van der Waals surface area contributed by atoms with Gasteiger partial charge in [-0.3, -0.25) is 14.4 Å². The molecule has 0 aromatic heterocycles. The van der Waals surface area contributed by atoms with Gasteiger partial charge in [0.15, 0.2) is 17.3 Å². The molecule has 0 heterocycles. The molecule has 20 heavy (non-hydrogen) atoms. The number of ketones is 3. The fraction of sp³-hybridized carbons (Fsp3) is 0.471. The van der Waals surface area contributed by atoms with Crippen LogP contribution < -0.4 is 0 Å². The predicted molar refractivity (Wildman–Crippen MR) is 79.4 cm³/mol. The van der Waals surface area contributed by atoms with Crippen molar-refractivity contribution in [3.63, 3.8) is 0 Å². The second kappa shape index (κ2) is 6.60. The summed E-state index contributed by atoms with van der Waals surface area (Å²) in [5.74, 6) is -0.476. The second-order valence-corrected chi connectivity index (χ2v) is 5.61. The standard InChI is InChI=1S/C17H22O3/c1-6-15(18)12-7-13(16(19)10(2)3)9-14(8-12)17(20)11(4)5/h7-11H,6H2,1-5H3. The summed E-state index contributed by atoms with van der Waals surface area (Å²) in [6.45, 7) is 8.99. The Morgan fingerprint density at radius 2 is 1.15 bits per heavy atom. The Labute approximate surface area is 120 Å². The number of hydrogen-bond acceptors (Lipinski definition) is 3. The van der Waals surface area contributed by atoms with E-state index >= 15 is 0 Å². The van der Waals surface area contributed by atoms with Gasteiger partial charge >= 0.3 is 0 Å². The van der Waals surface area contributed by atoms with Gasteiger partial charge in [0.25, 0.3) is 0 Å². The zero-order valence-corrected chi connectivity index (χ0v) is 12.8. The van der Waals surface area contributed by atoms with E-state index in [1.54, 1.807) is 52.8 Å². The Bertz CT molecular complexity index is 501. The van der Waals surface area contributed by atoms with Gasteiger partial charge in [0.05, 0.1) is 0 Å². The van der Waals surface area contributed by atoms with Crippen molar-refractivity contribution in [2.75, 3.05) is 0 Å². The van der Waals surface area contributed by atoms with Gasteiger partial charge in [-0.1, -0.05) is 34.6 Å². The Kier molecular flexibility index (Phi) is 5.37. The quantitative estimate of drug-likeness (QED) is 0.738. The molecule has 0 fully saturated rings. The second-order valence-electron chi connectivity index (χ2n) is 5.61. The van der Waals surface area contributed by atoms with Crippen LogP contribution >= 0.6 is 0 Å². The van der Waals surface area contributed by atoms with Crippen LogP contribution in [0.2, 0.25) is 0 Å². The van der Waals surface area contributed by atoms with Crippen LogP contribution in [0.15, 0.2) is 18.2 Å². The van der Waals surface area contributed by atoms with E-state index in [0.29, 0.717) is 23.1 Å². The molecule has 0 saturated heterocycles. The first-order valence-corrected chi connectivity index (χ1v) is 7.04. The highest BCUT2D eigenvalue weighted by Crippen LogP contribution is 2.18. The minimum atomic E-state index is -0.163. The first-order chi connectivity index (χ1) is 9.27. The van der Waals surface area contributed by atoms with E-state index in [-0.39, 0.29) is 29.2 Å². The van der Waals surface area contributed by atoms with E-state index in [9.17, 15) is 14.4 Å². The van der Waals surface area contributed by atoms with Gasteiger partial charge in [-0.25, -0.2) is 0 Å². The molecular weight excluding hydrogens is 252 g/mol. The SMILES string of the molecule is CCC(=O)c1cc(C(=O)C(C)C)cc(C(=O)C(C)C)c1. The monoisotopic (exact) mass is 274 g/mol. The Morgan fingerprint density at radius 3 is 1.45 bits per heavy atom. The van der Waals surface area contributed by atoms with Crippen LogP contribution in [0, 0.1) is 11.8 Å². The Balaban J connectivity index is 3.39. The third-order valence-electron chi connectivity index (χ3n) is 3.19. The van der Waals surface area contributed by atoms with E-state index in [2.05, 4.69) is 0 Å². The van der Waals surface area contributed by atoms with Crippen LogP contribution in [0.5, 0.6) is 0 Å². The third kappa shape index (κ3) is 3.62. The zero-order valence-electron chi connectivity index (χ0n) is 12.8. The largest absolute Gasteiger partial charge is 0.294 e. The molecule has 0 aliphatic heterocycles. The molecule has 0 aliphatic rings. The number of benzene rings is 1. The highest BCUT2D eigenvalue weighted by molar-refractivity contribution is 6.06. The summed E-state index contributed by atoms with van der Waals surface area (Å²) in [6.07, 6.45) is 0.356. The van der Waals surface area contributed by atoms with Crippen molar-refractivity contribution >= 4 is 17.3 Å². The lowest BCUT2D eigenvalue weighted by Crippen LogP contribution is -2.14. The van der Waals surface area contributed by atoms with E-state index in [4.69, 9.17) is 0 Å². The molecule has 108 valence electrons. The van der Waals surface area contributed by atoms with Crippen molar-refractivity contribution in [3.05, 3.63) is 34.9 Å². The predicted octanol–water partition coefficient (Wildman–Crippen LogP) is 3.96. The summed E-state index contributed by atoms with van der Waals surface area (Å²) < 4.78 is 0. The van der Waals surface area contributed by atoms with E-state index in [0.717, 1.165) is 0 Å². The number of carbonyl (C=O) groups is 3. The molecule has 1 aromatic rings. The lowest BCUT2D eigenvalue weighted by molar-refractivity contribution is 0.0939. The zero-order chi connectivity index (χ0) is 15.4. The number of rotatable bonds is 6. The molecule has 1 rings (SSSR count). The number of Topliss-reactive ketones (excluding diaryl/α,β-unsaturated/α-hetero) is 3.